The van der Waals surface area contributed by atoms with Gasteiger partial charge in [0.05, 0.1) is 18.2 Å². The van der Waals surface area contributed by atoms with Crippen molar-refractivity contribution in [3.8, 4) is 12.1 Å². The van der Waals surface area contributed by atoms with E-state index in [1.54, 1.807) is 6.07 Å². The van der Waals surface area contributed by atoms with Crippen LogP contribution in [0.25, 0.3) is 0 Å². The number of nitriles is 2. The van der Waals surface area contributed by atoms with Crippen LogP contribution in [0.2, 0.25) is 0 Å². The fraction of sp³-hybridized carbons (Fsp3) is 0.250. The van der Waals surface area contributed by atoms with Gasteiger partial charge in [0.15, 0.2) is 0 Å². The van der Waals surface area contributed by atoms with E-state index in [9.17, 15) is 0 Å². The fourth-order valence-electron chi connectivity index (χ4n) is 0.403. The summed E-state index contributed by atoms with van der Waals surface area (Å²) >= 11 is 0. The number of nitrogens with zero attached hydrogens (tertiary/aromatic N) is 2. The van der Waals surface area contributed by atoms with E-state index < -0.39 is 0 Å². The molecule has 0 aromatic carbocycles. The Morgan fingerprint density at radius 2 is 2.27 bits per heavy atom. The van der Waals surface area contributed by atoms with E-state index in [1.165, 1.54) is 18.4 Å². The molecule has 0 aliphatic rings. The van der Waals surface area contributed by atoms with Crippen LogP contribution in [0.5, 0.6) is 0 Å². The van der Waals surface area contributed by atoms with Crippen LogP contribution >= 0.6 is 0 Å². The van der Waals surface area contributed by atoms with Crippen molar-refractivity contribution >= 4 is 0 Å². The Labute approximate surface area is 65.8 Å². The van der Waals surface area contributed by atoms with Gasteiger partial charge in [0, 0.05) is 6.08 Å². The number of ether oxygens (including phenoxy) is 1. The lowest BCUT2D eigenvalue weighted by Crippen LogP contribution is -1.80. The highest BCUT2D eigenvalue weighted by atomic mass is 16.5. The van der Waals surface area contributed by atoms with Crippen molar-refractivity contribution in [1.82, 2.24) is 0 Å². The van der Waals surface area contributed by atoms with Crippen molar-refractivity contribution in [2.45, 2.75) is 6.92 Å². The fourth-order valence-corrected chi connectivity index (χ4v) is 0.403. The molecule has 0 spiro atoms. The van der Waals surface area contributed by atoms with Gasteiger partial charge in [-0.1, -0.05) is 0 Å². The third-order valence-corrected chi connectivity index (χ3v) is 0.843. The van der Waals surface area contributed by atoms with Crippen LogP contribution < -0.4 is 0 Å². The molecule has 0 rings (SSSR count). The highest BCUT2D eigenvalue weighted by molar-refractivity contribution is 5.33. The van der Waals surface area contributed by atoms with Gasteiger partial charge in [-0.05, 0) is 13.0 Å². The zero-order valence-electron chi connectivity index (χ0n) is 6.24. The lowest BCUT2D eigenvalue weighted by molar-refractivity contribution is 0.268. The molecule has 3 nitrogen and oxygen atoms in total. The third kappa shape index (κ3) is 4.74. The van der Waals surface area contributed by atoms with Gasteiger partial charge < -0.3 is 4.74 Å². The number of hydrogen-bond donors (Lipinski definition) is 0. The molecular formula is C8H8N2O. The Morgan fingerprint density at radius 1 is 1.55 bits per heavy atom. The molecule has 3 heteroatoms. The molecule has 0 unspecified atom stereocenters. The second-order valence-electron chi connectivity index (χ2n) is 1.60. The summed E-state index contributed by atoms with van der Waals surface area (Å²) in [6.45, 7) is 2.34. The maximum absolute atomic E-state index is 8.42. The van der Waals surface area contributed by atoms with Crippen molar-refractivity contribution in [3.63, 3.8) is 0 Å². The Balaban J connectivity index is 4.10. The number of rotatable bonds is 3. The van der Waals surface area contributed by atoms with Gasteiger partial charge in [0.2, 0.25) is 0 Å². The van der Waals surface area contributed by atoms with Crippen LogP contribution in [0.4, 0.5) is 0 Å². The molecule has 0 atom stereocenters. The minimum absolute atomic E-state index is 0.341. The Hall–Kier alpha value is -1.74. The van der Waals surface area contributed by atoms with Gasteiger partial charge in [-0.25, -0.2) is 0 Å². The largest absolute Gasteiger partial charge is 0.500 e. The van der Waals surface area contributed by atoms with Crippen molar-refractivity contribution < 1.29 is 4.74 Å². The monoisotopic (exact) mass is 148 g/mol. The molecule has 0 heterocycles. The summed E-state index contributed by atoms with van der Waals surface area (Å²) in [7, 11) is 0. The molecule has 11 heavy (non-hydrogen) atoms. The van der Waals surface area contributed by atoms with Gasteiger partial charge in [-0.3, -0.25) is 0 Å². The molecular weight excluding hydrogens is 140 g/mol. The van der Waals surface area contributed by atoms with Crippen LogP contribution in [-0.2, 0) is 4.74 Å². The summed E-state index contributed by atoms with van der Waals surface area (Å²) in [5.74, 6) is 0. The van der Waals surface area contributed by atoms with Crippen molar-refractivity contribution in [2.75, 3.05) is 6.61 Å². The minimum Gasteiger partial charge on any atom is -0.500 e. The van der Waals surface area contributed by atoms with Crippen molar-refractivity contribution in [1.29, 1.82) is 10.5 Å². The van der Waals surface area contributed by atoms with Crippen LogP contribution in [0.3, 0.4) is 0 Å². The van der Waals surface area contributed by atoms with Gasteiger partial charge in [-0.15, -0.1) is 0 Å². The smallest absolute Gasteiger partial charge is 0.102 e. The Bertz CT molecular complexity index is 240. The molecule has 0 bridgehead atoms. The predicted molar refractivity (Wildman–Crippen MR) is 40.1 cm³/mol. The average molecular weight is 148 g/mol. The second-order valence-corrected chi connectivity index (χ2v) is 1.60. The SMILES string of the molecule is CCOC=C(C#N)C=CC#N. The maximum Gasteiger partial charge on any atom is 0.102 e. The molecule has 0 radical (unpaired) electrons. The van der Waals surface area contributed by atoms with Gasteiger partial charge in [-0.2, -0.15) is 10.5 Å². The second kappa shape index (κ2) is 6.38. The first-order valence-electron chi connectivity index (χ1n) is 3.13. The first-order valence-corrected chi connectivity index (χ1v) is 3.13. The first-order chi connectivity index (χ1) is 5.35. The highest BCUT2D eigenvalue weighted by Gasteiger charge is 1.86. The third-order valence-electron chi connectivity index (χ3n) is 0.843. The molecule has 0 aliphatic heterocycles. The lowest BCUT2D eigenvalue weighted by Gasteiger charge is -1.91. The van der Waals surface area contributed by atoms with Crippen LogP contribution in [0, 0.1) is 22.7 Å². The van der Waals surface area contributed by atoms with Crippen LogP contribution in [-0.4, -0.2) is 6.61 Å². The first kappa shape index (κ1) is 9.26. The van der Waals surface area contributed by atoms with E-state index in [1.807, 2.05) is 13.0 Å². The highest BCUT2D eigenvalue weighted by Crippen LogP contribution is 1.94. The minimum atomic E-state index is 0.341. The molecule has 0 aliphatic carbocycles. The summed E-state index contributed by atoms with van der Waals surface area (Å²) in [5, 5.41) is 16.5. The molecule has 0 N–H and O–H groups in total. The summed E-state index contributed by atoms with van der Waals surface area (Å²) in [4.78, 5) is 0. The molecule has 0 aromatic rings. The summed E-state index contributed by atoms with van der Waals surface area (Å²) in [5.41, 5.74) is 0.341. The van der Waals surface area contributed by atoms with E-state index in [2.05, 4.69) is 0 Å². The molecule has 0 saturated carbocycles. The molecule has 0 fully saturated rings. The maximum atomic E-state index is 8.42. The predicted octanol–water partition coefficient (Wildman–Crippen LogP) is 1.51. The van der Waals surface area contributed by atoms with E-state index in [0.29, 0.717) is 12.2 Å². The van der Waals surface area contributed by atoms with Crippen molar-refractivity contribution in [2.24, 2.45) is 0 Å². The molecule has 0 saturated heterocycles. The van der Waals surface area contributed by atoms with Gasteiger partial charge >= 0.3 is 0 Å². The van der Waals surface area contributed by atoms with Gasteiger partial charge in [0.1, 0.15) is 12.3 Å². The zero-order valence-corrected chi connectivity index (χ0v) is 6.24. The number of hydrogen-bond acceptors (Lipinski definition) is 3. The topological polar surface area (TPSA) is 56.8 Å². The van der Waals surface area contributed by atoms with E-state index in [4.69, 9.17) is 15.3 Å². The zero-order chi connectivity index (χ0) is 8.53. The Morgan fingerprint density at radius 3 is 2.73 bits per heavy atom. The quantitative estimate of drug-likeness (QED) is 0.346. The molecule has 0 aromatic heterocycles. The summed E-state index contributed by atoms with van der Waals surface area (Å²) in [6.07, 6.45) is 3.96. The van der Waals surface area contributed by atoms with Crippen molar-refractivity contribution in [3.05, 3.63) is 24.0 Å². The van der Waals surface area contributed by atoms with E-state index >= 15 is 0 Å². The standard InChI is InChI=1S/C8H8N2O/c1-2-11-7-8(6-10)4-3-5-9/h3-4,7H,2H2,1H3. The molecule has 56 valence electrons. The normalized spacial score (nSPS) is 10.6. The molecule has 0 amide bonds. The summed E-state index contributed by atoms with van der Waals surface area (Å²) < 4.78 is 4.84. The number of allylic oxidation sites excluding steroid dienone is 3. The van der Waals surface area contributed by atoms with Crippen LogP contribution in [0.15, 0.2) is 24.0 Å². The van der Waals surface area contributed by atoms with E-state index in [0.717, 1.165) is 0 Å². The van der Waals surface area contributed by atoms with E-state index in [-0.39, 0.29) is 0 Å². The summed E-state index contributed by atoms with van der Waals surface area (Å²) in [6, 6.07) is 3.65. The lowest BCUT2D eigenvalue weighted by atomic mass is 10.3. The van der Waals surface area contributed by atoms with Gasteiger partial charge in [0.25, 0.3) is 0 Å². The van der Waals surface area contributed by atoms with Crippen LogP contribution in [0.1, 0.15) is 6.92 Å². The average Bonchev–Trinajstić information content (AvgIpc) is 2.05. The Kier molecular flexibility index (Phi) is 5.37.